The van der Waals surface area contributed by atoms with Crippen molar-refractivity contribution in [1.82, 2.24) is 14.5 Å². The molecule has 4 aromatic rings. The highest BCUT2D eigenvalue weighted by Crippen LogP contribution is 2.34. The zero-order valence-electron chi connectivity index (χ0n) is 16.5. The highest BCUT2D eigenvalue weighted by molar-refractivity contribution is 9.10. The molecule has 1 N–H and O–H groups in total. The molecule has 3 aromatic heterocycles. The highest BCUT2D eigenvalue weighted by Gasteiger charge is 2.23. The smallest absolute Gasteiger partial charge is 0.419 e. The topological polar surface area (TPSA) is 94.3 Å². The summed E-state index contributed by atoms with van der Waals surface area (Å²) in [6, 6.07) is 10.3. The molecule has 0 saturated heterocycles. The molecule has 0 aliphatic rings. The van der Waals surface area contributed by atoms with Gasteiger partial charge in [0.1, 0.15) is 5.60 Å². The lowest BCUT2D eigenvalue weighted by atomic mass is 10.1. The molecule has 0 radical (unpaired) electrons. The lowest BCUT2D eigenvalue weighted by Crippen LogP contribution is -2.26. The van der Waals surface area contributed by atoms with Gasteiger partial charge in [0.2, 0.25) is 0 Å². The van der Waals surface area contributed by atoms with Crippen LogP contribution < -0.4 is 0 Å². The maximum Gasteiger partial charge on any atom is 0.419 e. The van der Waals surface area contributed by atoms with Crippen LogP contribution in [0.25, 0.3) is 33.2 Å². The molecule has 4 rings (SSSR count). The van der Waals surface area contributed by atoms with E-state index < -0.39 is 17.7 Å². The molecule has 0 fully saturated rings. The van der Waals surface area contributed by atoms with Crippen molar-refractivity contribution in [2.75, 3.05) is 0 Å². The second-order valence-corrected chi connectivity index (χ2v) is 8.71. The number of hydrogen-bond acceptors (Lipinski definition) is 5. The molecule has 0 saturated carbocycles. The van der Waals surface area contributed by atoms with E-state index >= 15 is 0 Å². The molecule has 0 aliphatic heterocycles. The minimum absolute atomic E-state index is 0.0938. The van der Waals surface area contributed by atoms with E-state index in [0.29, 0.717) is 27.8 Å². The third-order valence-corrected chi connectivity index (χ3v) is 4.94. The molecule has 152 valence electrons. The molecular weight excluding hydrogens is 450 g/mol. The van der Waals surface area contributed by atoms with Gasteiger partial charge in [-0.2, -0.15) is 0 Å². The third-order valence-electron chi connectivity index (χ3n) is 4.45. The predicted molar refractivity (Wildman–Crippen MR) is 117 cm³/mol. The summed E-state index contributed by atoms with van der Waals surface area (Å²) in [5, 5.41) is 10.9. The molecule has 0 spiro atoms. The third kappa shape index (κ3) is 3.66. The summed E-state index contributed by atoms with van der Waals surface area (Å²) in [6.45, 7) is 5.39. The number of rotatable bonds is 2. The standard InChI is InChI=1S/C22H18BrN3O4/c1-22(2,3)30-21(29)26-11-16(14-9-12(23)6-7-18(14)26)17-10-15(20(27)28)13-5-4-8-24-19(13)25-17/h4-11H,1-3H3,(H,27,28). The van der Waals surface area contributed by atoms with Crippen LogP contribution in [0.2, 0.25) is 0 Å². The second kappa shape index (κ2) is 7.21. The summed E-state index contributed by atoms with van der Waals surface area (Å²) in [4.78, 5) is 33.4. The molecule has 0 unspecified atom stereocenters. The van der Waals surface area contributed by atoms with Gasteiger partial charge in [0.25, 0.3) is 0 Å². The van der Waals surface area contributed by atoms with Crippen molar-refractivity contribution < 1.29 is 19.4 Å². The Balaban J connectivity index is 1.99. The van der Waals surface area contributed by atoms with E-state index in [0.717, 1.165) is 9.86 Å². The maximum absolute atomic E-state index is 12.8. The van der Waals surface area contributed by atoms with Crippen LogP contribution in [0.4, 0.5) is 4.79 Å². The van der Waals surface area contributed by atoms with Crippen LogP contribution >= 0.6 is 15.9 Å². The number of pyridine rings is 2. The van der Waals surface area contributed by atoms with Crippen molar-refractivity contribution >= 4 is 49.9 Å². The van der Waals surface area contributed by atoms with Crippen molar-refractivity contribution in [3.05, 3.63) is 58.8 Å². The fraction of sp³-hybridized carbons (Fsp3) is 0.182. The molecule has 30 heavy (non-hydrogen) atoms. The van der Waals surface area contributed by atoms with Crippen molar-refractivity contribution in [2.24, 2.45) is 0 Å². The molecule has 3 heterocycles. The van der Waals surface area contributed by atoms with E-state index in [4.69, 9.17) is 4.74 Å². The monoisotopic (exact) mass is 467 g/mol. The van der Waals surface area contributed by atoms with Gasteiger partial charge in [0.15, 0.2) is 5.65 Å². The SMILES string of the molecule is CC(C)(C)OC(=O)n1cc(-c2cc(C(=O)O)c3cccnc3n2)c2cc(Br)ccc21. The van der Waals surface area contributed by atoms with Gasteiger partial charge < -0.3 is 9.84 Å². The summed E-state index contributed by atoms with van der Waals surface area (Å²) in [6.07, 6.45) is 2.65. The lowest BCUT2D eigenvalue weighted by Gasteiger charge is -2.19. The number of ether oxygens (including phenoxy) is 1. The van der Waals surface area contributed by atoms with Gasteiger partial charge in [-0.05, 0) is 57.2 Å². The predicted octanol–water partition coefficient (Wildman–Crippen LogP) is 5.50. The van der Waals surface area contributed by atoms with Crippen LogP contribution in [-0.2, 0) is 4.74 Å². The van der Waals surface area contributed by atoms with Crippen LogP contribution in [0.1, 0.15) is 31.1 Å². The van der Waals surface area contributed by atoms with Crippen molar-refractivity contribution in [3.8, 4) is 11.3 Å². The number of fused-ring (bicyclic) bond motifs is 2. The minimum Gasteiger partial charge on any atom is -0.478 e. The number of hydrogen-bond donors (Lipinski definition) is 1. The largest absolute Gasteiger partial charge is 0.478 e. The van der Waals surface area contributed by atoms with E-state index in [-0.39, 0.29) is 5.56 Å². The molecule has 0 atom stereocenters. The van der Waals surface area contributed by atoms with E-state index in [1.54, 1.807) is 51.4 Å². The Hall–Kier alpha value is -3.26. The normalized spacial score (nSPS) is 11.7. The fourth-order valence-corrected chi connectivity index (χ4v) is 3.60. The summed E-state index contributed by atoms with van der Waals surface area (Å²) in [5.74, 6) is -1.08. The van der Waals surface area contributed by atoms with Crippen molar-refractivity contribution in [2.45, 2.75) is 26.4 Å². The molecule has 8 heteroatoms. The Kier molecular flexibility index (Phi) is 4.82. The van der Waals surface area contributed by atoms with Crippen molar-refractivity contribution in [1.29, 1.82) is 0 Å². The van der Waals surface area contributed by atoms with Gasteiger partial charge in [-0.25, -0.2) is 19.6 Å². The Labute approximate surface area is 180 Å². The van der Waals surface area contributed by atoms with Gasteiger partial charge >= 0.3 is 12.1 Å². The summed E-state index contributed by atoms with van der Waals surface area (Å²) in [7, 11) is 0. The molecule has 7 nitrogen and oxygen atoms in total. The summed E-state index contributed by atoms with van der Waals surface area (Å²) < 4.78 is 7.75. The van der Waals surface area contributed by atoms with Crippen LogP contribution in [0.5, 0.6) is 0 Å². The summed E-state index contributed by atoms with van der Waals surface area (Å²) in [5.41, 5.74) is 1.39. The number of halogens is 1. The van der Waals surface area contributed by atoms with Gasteiger partial charge in [0, 0.05) is 33.2 Å². The van der Waals surface area contributed by atoms with Gasteiger partial charge in [0.05, 0.1) is 16.8 Å². The quantitative estimate of drug-likeness (QED) is 0.418. The number of nitrogens with zero attached hydrogens (tertiary/aromatic N) is 3. The average molecular weight is 468 g/mol. The average Bonchev–Trinajstić information content (AvgIpc) is 3.04. The van der Waals surface area contributed by atoms with E-state index in [1.807, 2.05) is 12.1 Å². The van der Waals surface area contributed by atoms with Gasteiger partial charge in [-0.3, -0.25) is 4.57 Å². The zero-order valence-corrected chi connectivity index (χ0v) is 18.1. The number of benzene rings is 1. The van der Waals surface area contributed by atoms with Crippen LogP contribution in [0.15, 0.2) is 53.3 Å². The van der Waals surface area contributed by atoms with Crippen molar-refractivity contribution in [3.63, 3.8) is 0 Å². The van der Waals surface area contributed by atoms with Gasteiger partial charge in [-0.15, -0.1) is 0 Å². The van der Waals surface area contributed by atoms with Gasteiger partial charge in [-0.1, -0.05) is 15.9 Å². The fourth-order valence-electron chi connectivity index (χ4n) is 3.24. The number of carbonyl (C=O) groups is 2. The van der Waals surface area contributed by atoms with E-state index in [9.17, 15) is 14.7 Å². The first kappa shape index (κ1) is 20.0. The number of carbonyl (C=O) groups excluding carboxylic acids is 1. The molecule has 0 aliphatic carbocycles. The molecule has 0 amide bonds. The molecule has 1 aromatic carbocycles. The zero-order chi connectivity index (χ0) is 21.6. The van der Waals surface area contributed by atoms with Crippen LogP contribution in [0.3, 0.4) is 0 Å². The number of aromatic nitrogens is 3. The van der Waals surface area contributed by atoms with Crippen LogP contribution in [-0.4, -0.2) is 37.3 Å². The van der Waals surface area contributed by atoms with E-state index in [2.05, 4.69) is 25.9 Å². The first-order valence-electron chi connectivity index (χ1n) is 9.17. The Morgan fingerprint density at radius 3 is 2.60 bits per heavy atom. The first-order valence-corrected chi connectivity index (χ1v) is 9.97. The minimum atomic E-state index is -1.08. The lowest BCUT2D eigenvalue weighted by molar-refractivity contribution is 0.0544. The Morgan fingerprint density at radius 2 is 1.90 bits per heavy atom. The highest BCUT2D eigenvalue weighted by atomic mass is 79.9. The molecule has 0 bridgehead atoms. The Morgan fingerprint density at radius 1 is 1.13 bits per heavy atom. The number of carboxylic acids is 1. The number of aromatic carboxylic acids is 1. The van der Waals surface area contributed by atoms with E-state index in [1.165, 1.54) is 10.6 Å². The maximum atomic E-state index is 12.8. The Bertz CT molecular complexity index is 1320. The second-order valence-electron chi connectivity index (χ2n) is 7.79. The first-order chi connectivity index (χ1) is 14.1. The summed E-state index contributed by atoms with van der Waals surface area (Å²) >= 11 is 3.46. The molecular formula is C22H18BrN3O4. The number of carboxylic acid groups (broad SMARTS) is 1. The van der Waals surface area contributed by atoms with Crippen LogP contribution in [0, 0.1) is 0 Å².